The second-order valence-electron chi connectivity index (χ2n) is 5.44. The van der Waals surface area contributed by atoms with E-state index in [0.29, 0.717) is 11.9 Å². The summed E-state index contributed by atoms with van der Waals surface area (Å²) in [4.78, 5) is 4.14. The van der Waals surface area contributed by atoms with E-state index in [1.54, 1.807) is 13.3 Å². The number of ether oxygens (including phenoxy) is 1. The summed E-state index contributed by atoms with van der Waals surface area (Å²) in [5, 5.41) is 3.65. The van der Waals surface area contributed by atoms with Crippen molar-refractivity contribution < 1.29 is 4.74 Å². The Bertz CT molecular complexity index is 630. The van der Waals surface area contributed by atoms with E-state index in [1.165, 1.54) is 27.6 Å². The first-order chi connectivity index (χ1) is 10.2. The minimum absolute atomic E-state index is 0.540. The first-order valence-corrected chi connectivity index (χ1v) is 8.03. The van der Waals surface area contributed by atoms with Crippen molar-refractivity contribution in [3.05, 3.63) is 57.7 Å². The van der Waals surface area contributed by atoms with Crippen molar-refractivity contribution in [1.29, 1.82) is 0 Å². The van der Waals surface area contributed by atoms with Crippen molar-refractivity contribution in [2.45, 2.75) is 31.8 Å². The highest BCUT2D eigenvalue weighted by Crippen LogP contribution is 2.25. The summed E-state index contributed by atoms with van der Waals surface area (Å²) >= 11 is 3.55. The van der Waals surface area contributed by atoms with Crippen LogP contribution >= 0.6 is 15.9 Å². The molecule has 0 amide bonds. The maximum absolute atomic E-state index is 5.16. The molecule has 1 aliphatic rings. The molecule has 0 radical (unpaired) electrons. The van der Waals surface area contributed by atoms with Crippen LogP contribution in [0.25, 0.3) is 0 Å². The van der Waals surface area contributed by atoms with Crippen molar-refractivity contribution in [3.8, 4) is 5.88 Å². The SMILES string of the molecule is COc1cc(CNC2CCc3cc(Br)ccc3C2)ccn1. The monoisotopic (exact) mass is 346 g/mol. The van der Waals surface area contributed by atoms with Gasteiger partial charge in [-0.3, -0.25) is 0 Å². The second kappa shape index (κ2) is 6.58. The van der Waals surface area contributed by atoms with Crippen LogP contribution in [0.4, 0.5) is 0 Å². The minimum atomic E-state index is 0.540. The summed E-state index contributed by atoms with van der Waals surface area (Å²) in [6, 6.07) is 11.2. The third-order valence-corrected chi connectivity index (χ3v) is 4.49. The highest BCUT2D eigenvalue weighted by molar-refractivity contribution is 9.10. The van der Waals surface area contributed by atoms with Gasteiger partial charge in [-0.05, 0) is 54.2 Å². The molecule has 0 bridgehead atoms. The van der Waals surface area contributed by atoms with E-state index >= 15 is 0 Å². The van der Waals surface area contributed by atoms with E-state index in [9.17, 15) is 0 Å². The number of nitrogens with zero attached hydrogens (tertiary/aromatic N) is 1. The molecule has 0 fully saturated rings. The van der Waals surface area contributed by atoms with Crippen LogP contribution in [0.15, 0.2) is 41.0 Å². The van der Waals surface area contributed by atoms with Gasteiger partial charge < -0.3 is 10.1 Å². The summed E-state index contributed by atoms with van der Waals surface area (Å²) in [6.07, 6.45) is 5.23. The fraction of sp³-hybridized carbons (Fsp3) is 0.353. The fourth-order valence-corrected chi connectivity index (χ4v) is 3.24. The number of hydrogen-bond acceptors (Lipinski definition) is 3. The molecule has 1 heterocycles. The first kappa shape index (κ1) is 14.5. The Kier molecular flexibility index (Phi) is 4.56. The van der Waals surface area contributed by atoms with Crippen LogP contribution in [0, 0.1) is 0 Å². The van der Waals surface area contributed by atoms with Gasteiger partial charge in [0.15, 0.2) is 0 Å². The summed E-state index contributed by atoms with van der Waals surface area (Å²) in [6.45, 7) is 0.857. The molecule has 1 aromatic carbocycles. The topological polar surface area (TPSA) is 34.1 Å². The second-order valence-corrected chi connectivity index (χ2v) is 6.36. The van der Waals surface area contributed by atoms with Gasteiger partial charge in [0, 0.05) is 29.3 Å². The van der Waals surface area contributed by atoms with Crippen LogP contribution in [0.5, 0.6) is 5.88 Å². The number of methoxy groups -OCH3 is 1. The Morgan fingerprint density at radius 1 is 1.29 bits per heavy atom. The zero-order valence-corrected chi connectivity index (χ0v) is 13.7. The van der Waals surface area contributed by atoms with Gasteiger partial charge in [-0.1, -0.05) is 22.0 Å². The average Bonchev–Trinajstić information content (AvgIpc) is 2.53. The number of pyridine rings is 1. The third-order valence-electron chi connectivity index (χ3n) is 4.00. The molecule has 1 aliphatic carbocycles. The number of rotatable bonds is 4. The van der Waals surface area contributed by atoms with Gasteiger partial charge in [0.05, 0.1) is 7.11 Å². The first-order valence-electron chi connectivity index (χ1n) is 7.24. The molecule has 0 saturated carbocycles. The highest BCUT2D eigenvalue weighted by Gasteiger charge is 2.18. The molecule has 1 unspecified atom stereocenters. The van der Waals surface area contributed by atoms with Crippen molar-refractivity contribution in [3.63, 3.8) is 0 Å². The molecular formula is C17H19BrN2O. The Hall–Kier alpha value is -1.39. The van der Waals surface area contributed by atoms with Gasteiger partial charge in [0.25, 0.3) is 0 Å². The van der Waals surface area contributed by atoms with E-state index in [-0.39, 0.29) is 0 Å². The molecule has 110 valence electrons. The molecule has 4 heteroatoms. The number of benzene rings is 1. The van der Waals surface area contributed by atoms with Gasteiger partial charge in [-0.25, -0.2) is 4.98 Å². The lowest BCUT2D eigenvalue weighted by atomic mass is 9.88. The van der Waals surface area contributed by atoms with Crippen LogP contribution in [-0.2, 0) is 19.4 Å². The summed E-state index contributed by atoms with van der Waals surface area (Å²) in [7, 11) is 1.65. The molecule has 3 rings (SSSR count). The third kappa shape index (κ3) is 3.63. The number of halogens is 1. The zero-order chi connectivity index (χ0) is 14.7. The molecule has 3 nitrogen and oxygen atoms in total. The zero-order valence-electron chi connectivity index (χ0n) is 12.1. The van der Waals surface area contributed by atoms with Crippen LogP contribution < -0.4 is 10.1 Å². The lowest BCUT2D eigenvalue weighted by molar-refractivity contribution is 0.396. The average molecular weight is 347 g/mol. The smallest absolute Gasteiger partial charge is 0.213 e. The number of aryl methyl sites for hydroxylation is 1. The molecule has 21 heavy (non-hydrogen) atoms. The van der Waals surface area contributed by atoms with Gasteiger partial charge >= 0.3 is 0 Å². The number of nitrogens with one attached hydrogen (secondary N) is 1. The van der Waals surface area contributed by atoms with Gasteiger partial charge in [0.2, 0.25) is 5.88 Å². The molecule has 0 aliphatic heterocycles. The molecule has 1 atom stereocenters. The van der Waals surface area contributed by atoms with Crippen LogP contribution in [0.1, 0.15) is 23.1 Å². The van der Waals surface area contributed by atoms with Crippen molar-refractivity contribution in [2.24, 2.45) is 0 Å². The van der Waals surface area contributed by atoms with Crippen LogP contribution in [-0.4, -0.2) is 18.1 Å². The summed E-state index contributed by atoms with van der Waals surface area (Å²) in [5.41, 5.74) is 4.16. The lowest BCUT2D eigenvalue weighted by Crippen LogP contribution is -2.34. The lowest BCUT2D eigenvalue weighted by Gasteiger charge is -2.26. The van der Waals surface area contributed by atoms with E-state index in [2.05, 4.69) is 44.4 Å². The van der Waals surface area contributed by atoms with E-state index < -0.39 is 0 Å². The number of hydrogen-bond donors (Lipinski definition) is 1. The number of fused-ring (bicyclic) bond motifs is 1. The molecule has 1 aromatic heterocycles. The Balaban J connectivity index is 1.61. The van der Waals surface area contributed by atoms with Gasteiger partial charge in [0.1, 0.15) is 0 Å². The van der Waals surface area contributed by atoms with Gasteiger partial charge in [-0.2, -0.15) is 0 Å². The summed E-state index contributed by atoms with van der Waals surface area (Å²) in [5.74, 6) is 0.674. The standard InChI is InChI=1S/C17H19BrN2O/c1-21-17-8-12(6-7-19-17)11-20-16-5-3-13-9-15(18)4-2-14(13)10-16/h2,4,6-9,16,20H,3,5,10-11H2,1H3. The maximum Gasteiger partial charge on any atom is 0.213 e. The predicted molar refractivity (Wildman–Crippen MR) is 87.6 cm³/mol. The maximum atomic E-state index is 5.16. The van der Waals surface area contributed by atoms with E-state index in [4.69, 9.17) is 4.74 Å². The highest BCUT2D eigenvalue weighted by atomic mass is 79.9. The molecule has 1 N–H and O–H groups in total. The minimum Gasteiger partial charge on any atom is -0.481 e. The van der Waals surface area contributed by atoms with E-state index in [1.807, 2.05) is 12.1 Å². The van der Waals surface area contributed by atoms with Crippen molar-refractivity contribution in [1.82, 2.24) is 10.3 Å². The molecule has 0 saturated heterocycles. The number of aromatic nitrogens is 1. The Morgan fingerprint density at radius 3 is 3.05 bits per heavy atom. The van der Waals surface area contributed by atoms with Crippen molar-refractivity contribution in [2.75, 3.05) is 7.11 Å². The fourth-order valence-electron chi connectivity index (χ4n) is 2.83. The largest absolute Gasteiger partial charge is 0.481 e. The van der Waals surface area contributed by atoms with Crippen LogP contribution in [0.3, 0.4) is 0 Å². The summed E-state index contributed by atoms with van der Waals surface area (Å²) < 4.78 is 6.34. The van der Waals surface area contributed by atoms with E-state index in [0.717, 1.165) is 19.4 Å². The predicted octanol–water partition coefficient (Wildman–Crippen LogP) is 3.50. The van der Waals surface area contributed by atoms with Gasteiger partial charge in [-0.15, -0.1) is 0 Å². The molecular weight excluding hydrogens is 328 g/mol. The normalized spacial score (nSPS) is 17.3. The Morgan fingerprint density at radius 2 is 2.19 bits per heavy atom. The molecule has 2 aromatic rings. The van der Waals surface area contributed by atoms with Crippen LogP contribution in [0.2, 0.25) is 0 Å². The van der Waals surface area contributed by atoms with Crippen molar-refractivity contribution >= 4 is 15.9 Å². The Labute approximate surface area is 133 Å². The molecule has 0 spiro atoms. The quantitative estimate of drug-likeness (QED) is 0.919.